The maximum absolute atomic E-state index is 12.8. The van der Waals surface area contributed by atoms with Crippen molar-refractivity contribution in [1.29, 1.82) is 0 Å². The standard InChI is InChI=1S/C17H16F3N3O7S2/c1-29-13-8-15(14(30-2)7-12(13)23(25)26)31-9-16(24)21-22-32(27,28)11-5-3-4-10(6-11)17(18,19)20/h3-8,22H,9H2,1-2H3,(H,21,24). The molecule has 0 bridgehead atoms. The van der Waals surface area contributed by atoms with Crippen LogP contribution in [-0.4, -0.2) is 39.2 Å². The van der Waals surface area contributed by atoms with Gasteiger partial charge >= 0.3 is 11.9 Å². The number of amides is 1. The van der Waals surface area contributed by atoms with Crippen molar-refractivity contribution in [2.24, 2.45) is 0 Å². The van der Waals surface area contributed by atoms with E-state index in [4.69, 9.17) is 9.47 Å². The van der Waals surface area contributed by atoms with E-state index in [0.29, 0.717) is 17.0 Å². The molecular weight excluding hydrogens is 479 g/mol. The molecule has 0 aromatic heterocycles. The van der Waals surface area contributed by atoms with Gasteiger partial charge in [-0.3, -0.25) is 20.3 Å². The molecule has 1 amide bonds. The fourth-order valence-electron chi connectivity index (χ4n) is 2.31. The Morgan fingerprint density at radius 3 is 2.38 bits per heavy atom. The molecule has 0 saturated carbocycles. The van der Waals surface area contributed by atoms with Crippen LogP contribution in [0.25, 0.3) is 0 Å². The number of hydrogen-bond acceptors (Lipinski definition) is 8. The topological polar surface area (TPSA) is 137 Å². The van der Waals surface area contributed by atoms with Gasteiger partial charge in [0.25, 0.3) is 10.0 Å². The van der Waals surface area contributed by atoms with Crippen molar-refractivity contribution in [3.05, 3.63) is 52.1 Å². The molecule has 0 fully saturated rings. The number of alkyl halides is 3. The van der Waals surface area contributed by atoms with Crippen molar-refractivity contribution < 1.29 is 40.8 Å². The Morgan fingerprint density at radius 2 is 1.81 bits per heavy atom. The lowest BCUT2D eigenvalue weighted by Crippen LogP contribution is -2.42. The third-order valence-electron chi connectivity index (χ3n) is 3.82. The first kappa shape index (κ1) is 25.2. The van der Waals surface area contributed by atoms with Gasteiger partial charge in [0.1, 0.15) is 5.75 Å². The fourth-order valence-corrected chi connectivity index (χ4v) is 4.05. The van der Waals surface area contributed by atoms with Gasteiger partial charge in [-0.2, -0.15) is 13.2 Å². The quantitative estimate of drug-likeness (QED) is 0.308. The first-order chi connectivity index (χ1) is 14.9. The summed E-state index contributed by atoms with van der Waals surface area (Å²) in [6.45, 7) is 0. The molecule has 15 heteroatoms. The summed E-state index contributed by atoms with van der Waals surface area (Å²) >= 11 is 0.859. The predicted molar refractivity (Wildman–Crippen MR) is 107 cm³/mol. The second kappa shape index (κ2) is 10.1. The van der Waals surface area contributed by atoms with Crippen molar-refractivity contribution in [2.45, 2.75) is 16.0 Å². The van der Waals surface area contributed by atoms with E-state index >= 15 is 0 Å². The van der Waals surface area contributed by atoms with E-state index in [9.17, 15) is 36.5 Å². The Labute approximate surface area is 184 Å². The molecular formula is C17H16F3N3O7S2. The van der Waals surface area contributed by atoms with Crippen molar-refractivity contribution in [2.75, 3.05) is 20.0 Å². The van der Waals surface area contributed by atoms with E-state index in [0.717, 1.165) is 30.0 Å². The first-order valence-corrected chi connectivity index (χ1v) is 10.9. The van der Waals surface area contributed by atoms with Crippen LogP contribution in [-0.2, 0) is 21.0 Å². The van der Waals surface area contributed by atoms with Crippen molar-refractivity contribution >= 4 is 33.4 Å². The molecule has 0 unspecified atom stereocenters. The number of nitrogens with zero attached hydrogens (tertiary/aromatic N) is 1. The summed E-state index contributed by atoms with van der Waals surface area (Å²) in [7, 11) is -1.99. The highest BCUT2D eigenvalue weighted by Crippen LogP contribution is 2.39. The van der Waals surface area contributed by atoms with Crippen LogP contribution in [0.2, 0.25) is 0 Å². The number of benzene rings is 2. The van der Waals surface area contributed by atoms with Crippen LogP contribution in [0.1, 0.15) is 5.56 Å². The van der Waals surface area contributed by atoms with Crippen LogP contribution < -0.4 is 19.7 Å². The number of hydrazine groups is 1. The molecule has 0 aliphatic rings. The largest absolute Gasteiger partial charge is 0.495 e. The van der Waals surface area contributed by atoms with Crippen LogP contribution in [0.5, 0.6) is 11.5 Å². The highest BCUT2D eigenvalue weighted by molar-refractivity contribution is 8.00. The molecule has 2 N–H and O–H groups in total. The number of methoxy groups -OCH3 is 2. The number of carbonyl (C=O) groups excluding carboxylic acids is 1. The second-order valence-electron chi connectivity index (χ2n) is 5.90. The van der Waals surface area contributed by atoms with E-state index < -0.39 is 37.5 Å². The molecule has 10 nitrogen and oxygen atoms in total. The SMILES string of the molecule is COc1cc([N+](=O)[O-])c(OC)cc1SCC(=O)NNS(=O)(=O)c1cccc(C(F)(F)F)c1. The summed E-state index contributed by atoms with van der Waals surface area (Å²) < 4.78 is 72.7. The summed E-state index contributed by atoms with van der Waals surface area (Å²) in [5.74, 6) is -1.20. The summed E-state index contributed by atoms with van der Waals surface area (Å²) in [4.78, 5) is 23.7. The molecule has 174 valence electrons. The molecule has 0 atom stereocenters. The lowest BCUT2D eigenvalue weighted by Gasteiger charge is -2.12. The minimum atomic E-state index is -4.74. The molecule has 0 saturated heterocycles. The maximum Gasteiger partial charge on any atom is 0.416 e. The van der Waals surface area contributed by atoms with Gasteiger partial charge in [0, 0.05) is 6.07 Å². The van der Waals surface area contributed by atoms with Gasteiger partial charge in [-0.1, -0.05) is 6.07 Å². The summed E-state index contributed by atoms with van der Waals surface area (Å²) in [5, 5.41) is 11.1. The van der Waals surface area contributed by atoms with E-state index in [2.05, 4.69) is 0 Å². The van der Waals surface area contributed by atoms with Gasteiger partial charge in [0.05, 0.1) is 46.3 Å². The zero-order valence-electron chi connectivity index (χ0n) is 16.4. The molecule has 0 aliphatic carbocycles. The molecule has 0 spiro atoms. The molecule has 0 heterocycles. The van der Waals surface area contributed by atoms with Gasteiger partial charge in [-0.25, -0.2) is 8.42 Å². The van der Waals surface area contributed by atoms with Gasteiger partial charge in [0.2, 0.25) is 5.91 Å². The lowest BCUT2D eigenvalue weighted by atomic mass is 10.2. The van der Waals surface area contributed by atoms with Gasteiger partial charge in [-0.05, 0) is 18.2 Å². The molecule has 2 rings (SSSR count). The number of nitro benzene ring substituents is 1. The lowest BCUT2D eigenvalue weighted by molar-refractivity contribution is -0.385. The van der Waals surface area contributed by atoms with Crippen molar-refractivity contribution in [3.8, 4) is 11.5 Å². The smallest absolute Gasteiger partial charge is 0.416 e. The van der Waals surface area contributed by atoms with Crippen LogP contribution in [0.3, 0.4) is 0 Å². The zero-order chi connectivity index (χ0) is 24.1. The Kier molecular flexibility index (Phi) is 7.92. The maximum atomic E-state index is 12.8. The number of rotatable bonds is 9. The molecule has 0 radical (unpaired) electrons. The third kappa shape index (κ3) is 6.24. The van der Waals surface area contributed by atoms with E-state index in [1.807, 2.05) is 5.43 Å². The number of nitro groups is 1. The van der Waals surface area contributed by atoms with Crippen molar-refractivity contribution in [1.82, 2.24) is 10.3 Å². The van der Waals surface area contributed by atoms with Crippen LogP contribution >= 0.6 is 11.8 Å². The molecule has 32 heavy (non-hydrogen) atoms. The average Bonchev–Trinajstić information content (AvgIpc) is 2.75. The number of carbonyl (C=O) groups is 1. The number of hydrogen-bond donors (Lipinski definition) is 2. The number of ether oxygens (including phenoxy) is 2. The van der Waals surface area contributed by atoms with Crippen molar-refractivity contribution in [3.63, 3.8) is 0 Å². The van der Waals surface area contributed by atoms with E-state index in [1.54, 1.807) is 4.83 Å². The highest BCUT2D eigenvalue weighted by Gasteiger charge is 2.31. The van der Waals surface area contributed by atoms with Crippen LogP contribution in [0.15, 0.2) is 46.2 Å². The summed E-state index contributed by atoms with van der Waals surface area (Å²) in [5.41, 5.74) is 0.366. The molecule has 0 aliphatic heterocycles. The number of nitrogens with one attached hydrogen (secondary N) is 2. The van der Waals surface area contributed by atoms with E-state index in [1.165, 1.54) is 20.3 Å². The normalized spacial score (nSPS) is 11.7. The Bertz CT molecular complexity index is 1120. The Hall–Kier alpha value is -3.04. The highest BCUT2D eigenvalue weighted by atomic mass is 32.2. The minimum Gasteiger partial charge on any atom is -0.495 e. The van der Waals surface area contributed by atoms with Gasteiger partial charge < -0.3 is 9.47 Å². The van der Waals surface area contributed by atoms with Crippen LogP contribution in [0, 0.1) is 10.1 Å². The molecule has 2 aromatic carbocycles. The zero-order valence-corrected chi connectivity index (χ0v) is 18.1. The summed E-state index contributed by atoms with van der Waals surface area (Å²) in [6, 6.07) is 5.38. The Morgan fingerprint density at radius 1 is 1.16 bits per heavy atom. The average molecular weight is 495 g/mol. The number of sulfonamides is 1. The fraction of sp³-hybridized carbons (Fsp3) is 0.235. The van der Waals surface area contributed by atoms with Gasteiger partial charge in [-0.15, -0.1) is 16.6 Å². The number of halogens is 3. The van der Waals surface area contributed by atoms with E-state index in [-0.39, 0.29) is 22.9 Å². The summed E-state index contributed by atoms with van der Waals surface area (Å²) in [6.07, 6.45) is -4.74. The minimum absolute atomic E-state index is 0.0797. The molecule has 2 aromatic rings. The number of thioether (sulfide) groups is 1. The predicted octanol–water partition coefficient (Wildman–Crippen LogP) is 2.73. The van der Waals surface area contributed by atoms with Crippen LogP contribution in [0.4, 0.5) is 18.9 Å². The monoisotopic (exact) mass is 495 g/mol. The van der Waals surface area contributed by atoms with Gasteiger partial charge in [0.15, 0.2) is 5.75 Å². The Balaban J connectivity index is 2.07. The third-order valence-corrected chi connectivity index (χ3v) is 6.10. The second-order valence-corrected chi connectivity index (χ2v) is 8.60. The first-order valence-electron chi connectivity index (χ1n) is 8.40.